The van der Waals surface area contributed by atoms with E-state index in [0.717, 1.165) is 6.42 Å². The molecule has 0 radical (unpaired) electrons. The van der Waals surface area contributed by atoms with Crippen LogP contribution in [0, 0.1) is 11.8 Å². The Bertz CT molecular complexity index is 426. The molecule has 5 heteroatoms. The van der Waals surface area contributed by atoms with E-state index in [-0.39, 0.29) is 24.2 Å². The molecule has 2 N–H and O–H groups in total. The van der Waals surface area contributed by atoms with Crippen LogP contribution in [-0.2, 0) is 9.53 Å². The Balaban J connectivity index is 2.00. The zero-order chi connectivity index (χ0) is 13.8. The lowest BCUT2D eigenvalue weighted by molar-refractivity contribution is -0.173. The number of rotatable bonds is 2. The number of aliphatic hydroxyl groups is 2. The van der Waals surface area contributed by atoms with Gasteiger partial charge in [-0.1, -0.05) is 6.08 Å². The molecule has 6 atom stereocenters. The molecule has 0 unspecified atom stereocenters. The Hall–Kier alpha value is -0.580. The largest absolute Gasteiger partial charge is 0.456 e. The molecule has 4 nitrogen and oxygen atoms in total. The second kappa shape index (κ2) is 4.21. The number of esters is 1. The maximum atomic E-state index is 11.7. The highest BCUT2D eigenvalue weighted by atomic mass is 35.5. The highest BCUT2D eigenvalue weighted by Gasteiger charge is 2.72. The van der Waals surface area contributed by atoms with Crippen molar-refractivity contribution >= 4 is 17.6 Å². The number of alkyl halides is 1. The minimum atomic E-state index is -1.13. The first-order chi connectivity index (χ1) is 8.92. The minimum absolute atomic E-state index is 0.0352. The van der Waals surface area contributed by atoms with Crippen molar-refractivity contribution in [2.45, 2.75) is 54.8 Å². The fourth-order valence-corrected chi connectivity index (χ4v) is 4.74. The van der Waals surface area contributed by atoms with E-state index in [9.17, 15) is 15.0 Å². The fraction of sp³-hybridized carbons (Fsp3) is 0.786. The van der Waals surface area contributed by atoms with E-state index in [4.69, 9.17) is 16.3 Å². The number of halogens is 1. The van der Waals surface area contributed by atoms with Crippen LogP contribution >= 0.6 is 11.6 Å². The minimum Gasteiger partial charge on any atom is -0.456 e. The number of hydrogen-bond donors (Lipinski definition) is 2. The molecular formula is C14H19ClO4. The maximum Gasteiger partial charge on any atom is 0.309 e. The van der Waals surface area contributed by atoms with Gasteiger partial charge in [0.05, 0.1) is 17.9 Å². The quantitative estimate of drug-likeness (QED) is 0.457. The van der Waals surface area contributed by atoms with Crippen LogP contribution in [-0.4, -0.2) is 38.9 Å². The maximum absolute atomic E-state index is 11.7. The normalized spacial score (nSPS) is 52.5. The molecule has 1 aliphatic heterocycles. The van der Waals surface area contributed by atoms with Crippen molar-refractivity contribution in [3.05, 3.63) is 12.7 Å². The number of hydrogen-bond acceptors (Lipinski definition) is 4. The van der Waals surface area contributed by atoms with Gasteiger partial charge in [-0.25, -0.2) is 0 Å². The van der Waals surface area contributed by atoms with E-state index >= 15 is 0 Å². The molecule has 1 heterocycles. The summed E-state index contributed by atoms with van der Waals surface area (Å²) in [6, 6.07) is 0. The molecule has 19 heavy (non-hydrogen) atoms. The summed E-state index contributed by atoms with van der Waals surface area (Å²) in [5.74, 6) is -0.203. The van der Waals surface area contributed by atoms with Crippen molar-refractivity contribution in [1.82, 2.24) is 0 Å². The standard InChI is InChI=1S/C14H19ClO4/c1-2-3-8-5-13(18)7-12(17)19-14(13)6-10(15)11(16)4-9(8)14/h2,8-11,16,18H,1,3-7H2/t8-,9-,10+,11-,13+,14-/m1/s1. The Morgan fingerprint density at radius 3 is 2.95 bits per heavy atom. The van der Waals surface area contributed by atoms with Crippen molar-refractivity contribution in [1.29, 1.82) is 0 Å². The molecule has 0 amide bonds. The van der Waals surface area contributed by atoms with E-state index < -0.39 is 22.7 Å². The van der Waals surface area contributed by atoms with Crippen LogP contribution in [0.5, 0.6) is 0 Å². The van der Waals surface area contributed by atoms with Crippen molar-refractivity contribution in [2.75, 3.05) is 0 Å². The van der Waals surface area contributed by atoms with Crippen molar-refractivity contribution in [2.24, 2.45) is 11.8 Å². The zero-order valence-electron chi connectivity index (χ0n) is 10.7. The van der Waals surface area contributed by atoms with E-state index in [0.29, 0.717) is 19.3 Å². The molecule has 1 saturated heterocycles. The predicted octanol–water partition coefficient (Wildman–Crippen LogP) is 1.38. The summed E-state index contributed by atoms with van der Waals surface area (Å²) < 4.78 is 5.56. The van der Waals surface area contributed by atoms with Gasteiger partial charge in [0, 0.05) is 12.3 Å². The highest BCUT2D eigenvalue weighted by Crippen LogP contribution is 2.61. The first-order valence-corrected chi connectivity index (χ1v) is 7.23. The van der Waals surface area contributed by atoms with E-state index in [1.54, 1.807) is 0 Å². The smallest absolute Gasteiger partial charge is 0.309 e. The number of carbonyl (C=O) groups is 1. The van der Waals surface area contributed by atoms with Crippen LogP contribution in [0.1, 0.15) is 32.1 Å². The van der Waals surface area contributed by atoms with Crippen LogP contribution in [0.2, 0.25) is 0 Å². The Kier molecular flexibility index (Phi) is 2.97. The molecule has 106 valence electrons. The summed E-state index contributed by atoms with van der Waals surface area (Å²) >= 11 is 6.16. The van der Waals surface area contributed by atoms with E-state index in [1.165, 1.54) is 0 Å². The van der Waals surface area contributed by atoms with Crippen LogP contribution in [0.3, 0.4) is 0 Å². The average molecular weight is 287 g/mol. The summed E-state index contributed by atoms with van der Waals surface area (Å²) in [4.78, 5) is 11.7. The average Bonchev–Trinajstić information content (AvgIpc) is 2.66. The number of ether oxygens (including phenoxy) is 1. The van der Waals surface area contributed by atoms with Crippen LogP contribution in [0.4, 0.5) is 0 Å². The van der Waals surface area contributed by atoms with Gasteiger partial charge in [0.1, 0.15) is 11.2 Å². The van der Waals surface area contributed by atoms with Gasteiger partial charge in [-0.2, -0.15) is 0 Å². The molecule has 1 spiro atoms. The monoisotopic (exact) mass is 286 g/mol. The lowest BCUT2D eigenvalue weighted by Crippen LogP contribution is -2.57. The van der Waals surface area contributed by atoms with Gasteiger partial charge in [0.15, 0.2) is 0 Å². The number of carbonyl (C=O) groups excluding carboxylic acids is 1. The topological polar surface area (TPSA) is 66.8 Å². The van der Waals surface area contributed by atoms with Gasteiger partial charge in [-0.05, 0) is 25.2 Å². The molecule has 3 aliphatic rings. The number of aliphatic hydroxyl groups excluding tert-OH is 1. The third kappa shape index (κ3) is 1.70. The predicted molar refractivity (Wildman–Crippen MR) is 69.7 cm³/mol. The molecule has 2 aliphatic carbocycles. The summed E-state index contributed by atoms with van der Waals surface area (Å²) in [5, 5.41) is 20.4. The SMILES string of the molecule is C=CC[C@@H]1C[C@]2(O)CC(=O)O[C@@]23C[C@H](Cl)[C@H](O)C[C@H]13. The van der Waals surface area contributed by atoms with Crippen molar-refractivity contribution in [3.63, 3.8) is 0 Å². The molecular weight excluding hydrogens is 268 g/mol. The summed E-state index contributed by atoms with van der Waals surface area (Å²) in [7, 11) is 0. The Labute approximate surface area is 117 Å². The third-order valence-electron chi connectivity index (χ3n) is 5.17. The lowest BCUT2D eigenvalue weighted by Gasteiger charge is -2.45. The first-order valence-electron chi connectivity index (χ1n) is 6.79. The van der Waals surface area contributed by atoms with Crippen molar-refractivity contribution < 1.29 is 19.7 Å². The van der Waals surface area contributed by atoms with Gasteiger partial charge in [0.2, 0.25) is 0 Å². The highest BCUT2D eigenvalue weighted by molar-refractivity contribution is 6.21. The second-order valence-electron chi connectivity index (χ2n) is 6.19. The van der Waals surface area contributed by atoms with Gasteiger partial charge >= 0.3 is 5.97 Å². The summed E-state index contributed by atoms with van der Waals surface area (Å²) in [6.07, 6.45) is 3.34. The van der Waals surface area contributed by atoms with Gasteiger partial charge in [0.25, 0.3) is 0 Å². The lowest BCUT2D eigenvalue weighted by atomic mass is 9.69. The van der Waals surface area contributed by atoms with Crippen LogP contribution in [0.15, 0.2) is 12.7 Å². The van der Waals surface area contributed by atoms with Crippen molar-refractivity contribution in [3.8, 4) is 0 Å². The van der Waals surface area contributed by atoms with Gasteiger partial charge in [-0.15, -0.1) is 18.2 Å². The Morgan fingerprint density at radius 1 is 1.53 bits per heavy atom. The van der Waals surface area contributed by atoms with Gasteiger partial charge < -0.3 is 14.9 Å². The van der Waals surface area contributed by atoms with Crippen LogP contribution < -0.4 is 0 Å². The number of allylic oxidation sites excluding steroid dienone is 1. The second-order valence-corrected chi connectivity index (χ2v) is 6.75. The zero-order valence-corrected chi connectivity index (χ0v) is 11.5. The molecule has 0 aromatic rings. The molecule has 3 rings (SSSR count). The molecule has 2 saturated carbocycles. The molecule has 0 aromatic heterocycles. The molecule has 0 bridgehead atoms. The molecule has 3 fully saturated rings. The summed E-state index contributed by atoms with van der Waals surface area (Å²) in [6.45, 7) is 3.75. The first kappa shape index (κ1) is 13.4. The molecule has 0 aromatic carbocycles. The fourth-order valence-electron chi connectivity index (χ4n) is 4.41. The van der Waals surface area contributed by atoms with E-state index in [1.807, 2.05) is 6.08 Å². The summed E-state index contributed by atoms with van der Waals surface area (Å²) in [5.41, 5.74) is -2.03. The van der Waals surface area contributed by atoms with Gasteiger partial charge in [-0.3, -0.25) is 4.79 Å². The van der Waals surface area contributed by atoms with Crippen LogP contribution in [0.25, 0.3) is 0 Å². The Morgan fingerprint density at radius 2 is 2.26 bits per heavy atom. The van der Waals surface area contributed by atoms with E-state index in [2.05, 4.69) is 6.58 Å². The third-order valence-corrected chi connectivity index (χ3v) is 5.61.